The SMILES string of the molecule is Cc1cccc(CNC(=O)N2c3ccccc3CC2C)c1. The zero-order valence-electron chi connectivity index (χ0n) is 12.5. The summed E-state index contributed by atoms with van der Waals surface area (Å²) in [5, 5.41) is 3.03. The molecule has 0 fully saturated rings. The Labute approximate surface area is 125 Å². The predicted molar refractivity (Wildman–Crippen MR) is 85.5 cm³/mol. The minimum absolute atomic E-state index is 0.0195. The van der Waals surface area contributed by atoms with Gasteiger partial charge in [-0.1, -0.05) is 48.0 Å². The molecule has 0 saturated heterocycles. The number of rotatable bonds is 2. The Hall–Kier alpha value is -2.29. The van der Waals surface area contributed by atoms with Crippen molar-refractivity contribution in [3.05, 3.63) is 65.2 Å². The lowest BCUT2D eigenvalue weighted by Gasteiger charge is -2.23. The van der Waals surface area contributed by atoms with Gasteiger partial charge in [0, 0.05) is 18.3 Å². The Morgan fingerprint density at radius 3 is 2.86 bits per heavy atom. The topological polar surface area (TPSA) is 32.3 Å². The minimum atomic E-state index is -0.0195. The molecule has 0 aromatic heterocycles. The first-order valence-corrected chi connectivity index (χ1v) is 7.35. The Balaban J connectivity index is 1.71. The zero-order valence-corrected chi connectivity index (χ0v) is 12.5. The predicted octanol–water partition coefficient (Wildman–Crippen LogP) is 3.66. The summed E-state index contributed by atoms with van der Waals surface area (Å²) in [7, 11) is 0. The molecule has 2 amide bonds. The van der Waals surface area contributed by atoms with Crippen molar-refractivity contribution in [1.29, 1.82) is 0 Å². The van der Waals surface area contributed by atoms with Gasteiger partial charge in [0.15, 0.2) is 0 Å². The average molecular weight is 280 g/mol. The fraction of sp³-hybridized carbons (Fsp3) is 0.278. The van der Waals surface area contributed by atoms with Gasteiger partial charge >= 0.3 is 6.03 Å². The fourth-order valence-electron chi connectivity index (χ4n) is 2.96. The lowest BCUT2D eigenvalue weighted by Crippen LogP contribution is -2.42. The molecule has 2 aromatic rings. The summed E-state index contributed by atoms with van der Waals surface area (Å²) in [6.45, 7) is 4.71. The lowest BCUT2D eigenvalue weighted by atomic mass is 10.1. The molecule has 2 aromatic carbocycles. The van der Waals surface area contributed by atoms with Gasteiger partial charge < -0.3 is 5.32 Å². The van der Waals surface area contributed by atoms with E-state index in [0.717, 1.165) is 17.7 Å². The van der Waals surface area contributed by atoms with Crippen molar-refractivity contribution in [1.82, 2.24) is 5.32 Å². The summed E-state index contributed by atoms with van der Waals surface area (Å²) >= 11 is 0. The normalized spacial score (nSPS) is 16.7. The van der Waals surface area contributed by atoms with Crippen molar-refractivity contribution < 1.29 is 4.79 Å². The van der Waals surface area contributed by atoms with Crippen LogP contribution < -0.4 is 10.2 Å². The second-order valence-corrected chi connectivity index (χ2v) is 5.70. The monoisotopic (exact) mass is 280 g/mol. The van der Waals surface area contributed by atoms with Crippen LogP contribution in [0.3, 0.4) is 0 Å². The maximum atomic E-state index is 12.5. The van der Waals surface area contributed by atoms with Crippen LogP contribution in [0, 0.1) is 6.92 Å². The standard InChI is InChI=1S/C18H20N2O/c1-13-6-5-7-15(10-13)12-19-18(21)20-14(2)11-16-8-3-4-9-17(16)20/h3-10,14H,11-12H2,1-2H3,(H,19,21). The van der Waals surface area contributed by atoms with Crippen LogP contribution in [0.2, 0.25) is 0 Å². The summed E-state index contributed by atoms with van der Waals surface area (Å²) in [6, 6.07) is 16.5. The maximum Gasteiger partial charge on any atom is 0.322 e. The van der Waals surface area contributed by atoms with Gasteiger partial charge in [-0.15, -0.1) is 0 Å². The molecule has 3 heteroatoms. The number of anilines is 1. The number of fused-ring (bicyclic) bond motifs is 1. The molecule has 21 heavy (non-hydrogen) atoms. The summed E-state index contributed by atoms with van der Waals surface area (Å²) in [5.41, 5.74) is 4.62. The number of nitrogens with one attached hydrogen (secondary N) is 1. The van der Waals surface area contributed by atoms with Crippen LogP contribution in [0.15, 0.2) is 48.5 Å². The van der Waals surface area contributed by atoms with Gasteiger partial charge in [-0.3, -0.25) is 4.90 Å². The highest BCUT2D eigenvalue weighted by molar-refractivity contribution is 5.94. The number of hydrogen-bond donors (Lipinski definition) is 1. The largest absolute Gasteiger partial charge is 0.334 e. The number of nitrogens with zero attached hydrogens (tertiary/aromatic N) is 1. The van der Waals surface area contributed by atoms with E-state index in [2.05, 4.69) is 37.4 Å². The molecule has 108 valence electrons. The van der Waals surface area contributed by atoms with Crippen LogP contribution in [-0.2, 0) is 13.0 Å². The highest BCUT2D eigenvalue weighted by Gasteiger charge is 2.30. The second kappa shape index (κ2) is 5.60. The average Bonchev–Trinajstić information content (AvgIpc) is 2.81. The van der Waals surface area contributed by atoms with Crippen molar-refractivity contribution in [2.45, 2.75) is 32.9 Å². The molecule has 3 rings (SSSR count). The third-order valence-corrected chi connectivity index (χ3v) is 3.95. The van der Waals surface area contributed by atoms with Gasteiger partial charge in [0.05, 0.1) is 0 Å². The minimum Gasteiger partial charge on any atom is -0.334 e. The van der Waals surface area contributed by atoms with Gasteiger partial charge in [-0.05, 0) is 37.5 Å². The molecule has 0 bridgehead atoms. The van der Waals surface area contributed by atoms with Crippen molar-refractivity contribution >= 4 is 11.7 Å². The first-order valence-electron chi connectivity index (χ1n) is 7.35. The third-order valence-electron chi connectivity index (χ3n) is 3.95. The number of urea groups is 1. The summed E-state index contributed by atoms with van der Waals surface area (Å²) < 4.78 is 0. The number of carbonyl (C=O) groups excluding carboxylic acids is 1. The lowest BCUT2D eigenvalue weighted by molar-refractivity contribution is 0.244. The second-order valence-electron chi connectivity index (χ2n) is 5.70. The number of benzene rings is 2. The van der Waals surface area contributed by atoms with Crippen LogP contribution in [0.4, 0.5) is 10.5 Å². The van der Waals surface area contributed by atoms with Crippen LogP contribution in [0.5, 0.6) is 0 Å². The number of para-hydroxylation sites is 1. The Morgan fingerprint density at radius 2 is 2.05 bits per heavy atom. The van der Waals surface area contributed by atoms with E-state index in [1.54, 1.807) is 0 Å². The molecule has 3 nitrogen and oxygen atoms in total. The van der Waals surface area contributed by atoms with Crippen molar-refractivity contribution in [2.24, 2.45) is 0 Å². The molecule has 1 atom stereocenters. The fourth-order valence-corrected chi connectivity index (χ4v) is 2.96. The van der Waals surface area contributed by atoms with Crippen LogP contribution in [0.25, 0.3) is 0 Å². The zero-order chi connectivity index (χ0) is 14.8. The van der Waals surface area contributed by atoms with E-state index in [1.807, 2.05) is 35.2 Å². The van der Waals surface area contributed by atoms with Gasteiger partial charge in [0.1, 0.15) is 0 Å². The molecule has 0 aliphatic carbocycles. The quantitative estimate of drug-likeness (QED) is 0.894. The molecular formula is C18H20N2O. The van der Waals surface area contributed by atoms with Crippen LogP contribution in [0.1, 0.15) is 23.6 Å². The van der Waals surface area contributed by atoms with Gasteiger partial charge in [-0.2, -0.15) is 0 Å². The molecule has 1 heterocycles. The molecule has 1 unspecified atom stereocenters. The van der Waals surface area contributed by atoms with Crippen LogP contribution >= 0.6 is 0 Å². The first-order chi connectivity index (χ1) is 10.1. The molecule has 1 aliphatic heterocycles. The molecular weight excluding hydrogens is 260 g/mol. The van der Waals surface area contributed by atoms with Crippen molar-refractivity contribution in [3.63, 3.8) is 0 Å². The van der Waals surface area contributed by atoms with E-state index in [1.165, 1.54) is 11.1 Å². The first kappa shape index (κ1) is 13.7. The van der Waals surface area contributed by atoms with Crippen molar-refractivity contribution in [2.75, 3.05) is 4.90 Å². The molecule has 0 spiro atoms. The van der Waals surface area contributed by atoms with E-state index in [9.17, 15) is 4.79 Å². The smallest absolute Gasteiger partial charge is 0.322 e. The summed E-state index contributed by atoms with van der Waals surface area (Å²) in [6.07, 6.45) is 0.925. The summed E-state index contributed by atoms with van der Waals surface area (Å²) in [4.78, 5) is 14.4. The maximum absolute atomic E-state index is 12.5. The molecule has 1 aliphatic rings. The van der Waals surface area contributed by atoms with E-state index < -0.39 is 0 Å². The number of hydrogen-bond acceptors (Lipinski definition) is 1. The van der Waals surface area contributed by atoms with Gasteiger partial charge in [0.25, 0.3) is 0 Å². The van der Waals surface area contributed by atoms with E-state index >= 15 is 0 Å². The number of aryl methyl sites for hydroxylation is 1. The van der Waals surface area contributed by atoms with Crippen LogP contribution in [-0.4, -0.2) is 12.1 Å². The van der Waals surface area contributed by atoms with E-state index in [4.69, 9.17) is 0 Å². The Kier molecular flexibility index (Phi) is 3.65. The molecule has 0 saturated carbocycles. The van der Waals surface area contributed by atoms with Gasteiger partial charge in [-0.25, -0.2) is 4.79 Å². The molecule has 0 radical (unpaired) electrons. The van der Waals surface area contributed by atoms with Crippen molar-refractivity contribution in [3.8, 4) is 0 Å². The number of carbonyl (C=O) groups is 1. The number of amides is 2. The highest BCUT2D eigenvalue weighted by atomic mass is 16.2. The molecule has 1 N–H and O–H groups in total. The van der Waals surface area contributed by atoms with E-state index in [0.29, 0.717) is 6.54 Å². The van der Waals surface area contributed by atoms with Gasteiger partial charge in [0.2, 0.25) is 0 Å². The summed E-state index contributed by atoms with van der Waals surface area (Å²) in [5.74, 6) is 0. The highest BCUT2D eigenvalue weighted by Crippen LogP contribution is 2.31. The third kappa shape index (κ3) is 2.77. The van der Waals surface area contributed by atoms with E-state index in [-0.39, 0.29) is 12.1 Å². The Bertz CT molecular complexity index is 666. The Morgan fingerprint density at radius 1 is 1.24 bits per heavy atom.